The predicted molar refractivity (Wildman–Crippen MR) is 83.2 cm³/mol. The molecule has 1 aromatic heterocycles. The third kappa shape index (κ3) is 4.03. The molecule has 0 bridgehead atoms. The largest absolute Gasteiger partial charge is 0.409 e. The Hall–Kier alpha value is -1.92. The van der Waals surface area contributed by atoms with Gasteiger partial charge in [0.25, 0.3) is 0 Å². The number of halogens is 1. The predicted octanol–water partition coefficient (Wildman–Crippen LogP) is 2.83. The molecular weight excluding hydrogens is 289 g/mol. The molecule has 0 unspecified atom stereocenters. The standard InChI is InChI=1S/C15H18FN3OS/c1-2-11-3-4-21-14(11)9-18-8-10-5-12(15(17)19-20)7-13(16)6-10/h3-7,18,20H,2,8-9H2,1H3,(H2,17,19). The van der Waals surface area contributed by atoms with E-state index in [1.54, 1.807) is 17.4 Å². The number of oxime groups is 1. The van der Waals surface area contributed by atoms with Gasteiger partial charge in [0.05, 0.1) is 0 Å². The molecule has 6 heteroatoms. The highest BCUT2D eigenvalue weighted by Gasteiger charge is 2.06. The van der Waals surface area contributed by atoms with E-state index in [4.69, 9.17) is 10.9 Å². The van der Waals surface area contributed by atoms with Gasteiger partial charge in [0.1, 0.15) is 5.82 Å². The van der Waals surface area contributed by atoms with Gasteiger partial charge in [0, 0.05) is 23.5 Å². The third-order valence-corrected chi connectivity index (χ3v) is 4.16. The third-order valence-electron chi connectivity index (χ3n) is 3.19. The smallest absolute Gasteiger partial charge is 0.170 e. The van der Waals surface area contributed by atoms with Crippen LogP contribution in [0.5, 0.6) is 0 Å². The number of nitrogens with zero attached hydrogens (tertiary/aromatic N) is 1. The van der Waals surface area contributed by atoms with E-state index >= 15 is 0 Å². The fourth-order valence-electron chi connectivity index (χ4n) is 2.12. The number of aryl methyl sites for hydroxylation is 1. The van der Waals surface area contributed by atoms with Crippen molar-refractivity contribution < 1.29 is 9.60 Å². The molecular formula is C15H18FN3OS. The Bertz CT molecular complexity index is 640. The van der Waals surface area contributed by atoms with Crippen molar-refractivity contribution in [2.75, 3.05) is 0 Å². The maximum Gasteiger partial charge on any atom is 0.170 e. The van der Waals surface area contributed by atoms with Crippen LogP contribution < -0.4 is 11.1 Å². The second-order valence-electron chi connectivity index (χ2n) is 4.66. The van der Waals surface area contributed by atoms with E-state index in [0.29, 0.717) is 12.1 Å². The SMILES string of the molecule is CCc1ccsc1CNCc1cc(F)cc(/C(N)=N/O)c1. The Kier molecular flexibility index (Phi) is 5.30. The highest BCUT2D eigenvalue weighted by Crippen LogP contribution is 2.17. The van der Waals surface area contributed by atoms with Crippen molar-refractivity contribution in [1.29, 1.82) is 0 Å². The zero-order chi connectivity index (χ0) is 15.2. The molecule has 112 valence electrons. The van der Waals surface area contributed by atoms with Gasteiger partial charge in [-0.3, -0.25) is 0 Å². The van der Waals surface area contributed by atoms with Crippen LogP contribution in [0.3, 0.4) is 0 Å². The van der Waals surface area contributed by atoms with Crippen molar-refractivity contribution in [3.05, 3.63) is 57.0 Å². The molecule has 2 rings (SSSR count). The van der Waals surface area contributed by atoms with Crippen LogP contribution in [0.4, 0.5) is 4.39 Å². The number of benzene rings is 1. The highest BCUT2D eigenvalue weighted by atomic mass is 32.1. The lowest BCUT2D eigenvalue weighted by Gasteiger charge is -2.07. The van der Waals surface area contributed by atoms with Crippen LogP contribution in [0.2, 0.25) is 0 Å². The van der Waals surface area contributed by atoms with Gasteiger partial charge in [-0.05, 0) is 47.2 Å². The minimum Gasteiger partial charge on any atom is -0.409 e. The molecule has 0 atom stereocenters. The fraction of sp³-hybridized carbons (Fsp3) is 0.267. The summed E-state index contributed by atoms with van der Waals surface area (Å²) in [6, 6.07) is 6.52. The van der Waals surface area contributed by atoms with E-state index in [1.165, 1.54) is 22.6 Å². The lowest BCUT2D eigenvalue weighted by atomic mass is 10.1. The number of nitrogens with two attached hydrogens (primary N) is 1. The first-order chi connectivity index (χ1) is 10.1. The number of nitrogens with one attached hydrogen (secondary N) is 1. The normalized spacial score (nSPS) is 11.8. The van der Waals surface area contributed by atoms with Crippen molar-refractivity contribution >= 4 is 17.2 Å². The van der Waals surface area contributed by atoms with Gasteiger partial charge in [-0.25, -0.2) is 4.39 Å². The van der Waals surface area contributed by atoms with E-state index in [2.05, 4.69) is 28.8 Å². The van der Waals surface area contributed by atoms with E-state index in [-0.39, 0.29) is 5.84 Å². The lowest BCUT2D eigenvalue weighted by molar-refractivity contribution is 0.318. The molecule has 1 aromatic carbocycles. The summed E-state index contributed by atoms with van der Waals surface area (Å²) in [5.41, 5.74) is 7.96. The Morgan fingerprint density at radius 2 is 2.19 bits per heavy atom. The van der Waals surface area contributed by atoms with Crippen LogP contribution in [-0.4, -0.2) is 11.0 Å². The molecule has 21 heavy (non-hydrogen) atoms. The Morgan fingerprint density at radius 1 is 1.38 bits per heavy atom. The highest BCUT2D eigenvalue weighted by molar-refractivity contribution is 7.10. The van der Waals surface area contributed by atoms with Gasteiger partial charge < -0.3 is 16.3 Å². The molecule has 0 saturated carbocycles. The van der Waals surface area contributed by atoms with E-state index < -0.39 is 5.82 Å². The van der Waals surface area contributed by atoms with Crippen LogP contribution in [-0.2, 0) is 19.5 Å². The molecule has 0 aliphatic carbocycles. The molecule has 0 saturated heterocycles. The summed E-state index contributed by atoms with van der Waals surface area (Å²) in [6.45, 7) is 3.39. The number of hydrogen-bond donors (Lipinski definition) is 3. The van der Waals surface area contributed by atoms with Crippen molar-refractivity contribution in [1.82, 2.24) is 5.32 Å². The van der Waals surface area contributed by atoms with Gasteiger partial charge in [-0.1, -0.05) is 12.1 Å². The first-order valence-corrected chi connectivity index (χ1v) is 7.55. The molecule has 0 radical (unpaired) electrons. The quantitative estimate of drug-likeness (QED) is 0.333. The van der Waals surface area contributed by atoms with Crippen molar-refractivity contribution in [2.45, 2.75) is 26.4 Å². The first-order valence-electron chi connectivity index (χ1n) is 6.67. The summed E-state index contributed by atoms with van der Waals surface area (Å²) in [5, 5.41) is 16.9. The number of amidine groups is 1. The van der Waals surface area contributed by atoms with Crippen LogP contribution in [0.25, 0.3) is 0 Å². The van der Waals surface area contributed by atoms with Crippen molar-refractivity contribution in [3.8, 4) is 0 Å². The average molecular weight is 307 g/mol. The second-order valence-corrected chi connectivity index (χ2v) is 5.66. The van der Waals surface area contributed by atoms with Gasteiger partial charge in [-0.2, -0.15) is 0 Å². The summed E-state index contributed by atoms with van der Waals surface area (Å²) >= 11 is 1.72. The zero-order valence-electron chi connectivity index (χ0n) is 11.8. The van der Waals surface area contributed by atoms with E-state index in [1.807, 2.05) is 0 Å². The van der Waals surface area contributed by atoms with Gasteiger partial charge in [0.2, 0.25) is 0 Å². The molecule has 4 nitrogen and oxygen atoms in total. The van der Waals surface area contributed by atoms with Gasteiger partial charge >= 0.3 is 0 Å². The summed E-state index contributed by atoms with van der Waals surface area (Å²) in [6.07, 6.45) is 1.01. The summed E-state index contributed by atoms with van der Waals surface area (Å²) in [7, 11) is 0. The van der Waals surface area contributed by atoms with Crippen molar-refractivity contribution in [3.63, 3.8) is 0 Å². The zero-order valence-corrected chi connectivity index (χ0v) is 12.6. The van der Waals surface area contributed by atoms with Crippen LogP contribution in [0, 0.1) is 5.82 Å². The minimum atomic E-state index is -0.402. The fourth-order valence-corrected chi connectivity index (χ4v) is 3.06. The summed E-state index contributed by atoms with van der Waals surface area (Å²) in [4.78, 5) is 1.30. The molecule has 0 aliphatic rings. The summed E-state index contributed by atoms with van der Waals surface area (Å²) < 4.78 is 13.5. The summed E-state index contributed by atoms with van der Waals surface area (Å²) in [5.74, 6) is -0.497. The number of hydrogen-bond acceptors (Lipinski definition) is 4. The Labute approximate surface area is 127 Å². The van der Waals surface area contributed by atoms with Crippen LogP contribution in [0.15, 0.2) is 34.8 Å². The molecule has 4 N–H and O–H groups in total. The van der Waals surface area contributed by atoms with Crippen LogP contribution in [0.1, 0.15) is 28.5 Å². The van der Waals surface area contributed by atoms with E-state index in [9.17, 15) is 4.39 Å². The van der Waals surface area contributed by atoms with Gasteiger partial charge in [-0.15, -0.1) is 11.3 Å². The minimum absolute atomic E-state index is 0.0951. The average Bonchev–Trinajstić information content (AvgIpc) is 2.93. The maximum absolute atomic E-state index is 13.5. The molecule has 0 fully saturated rings. The monoisotopic (exact) mass is 307 g/mol. The molecule has 0 spiro atoms. The number of thiophene rings is 1. The second kappa shape index (κ2) is 7.19. The molecule has 0 aliphatic heterocycles. The topological polar surface area (TPSA) is 70.6 Å². The number of rotatable bonds is 6. The molecule has 0 amide bonds. The van der Waals surface area contributed by atoms with Crippen molar-refractivity contribution in [2.24, 2.45) is 10.9 Å². The first kappa shape index (κ1) is 15.5. The lowest BCUT2D eigenvalue weighted by Crippen LogP contribution is -2.16. The Morgan fingerprint density at radius 3 is 2.90 bits per heavy atom. The van der Waals surface area contributed by atoms with E-state index in [0.717, 1.165) is 18.5 Å². The molecule has 1 heterocycles. The van der Waals surface area contributed by atoms with Crippen LogP contribution >= 0.6 is 11.3 Å². The Balaban J connectivity index is 2.02. The molecule has 2 aromatic rings. The van der Waals surface area contributed by atoms with Gasteiger partial charge in [0.15, 0.2) is 5.84 Å². The maximum atomic E-state index is 13.5.